The molecule has 2 aromatic carbocycles. The third kappa shape index (κ3) is 4.95. The van der Waals surface area contributed by atoms with Crippen LogP contribution in [0.5, 0.6) is 0 Å². The third-order valence-corrected chi connectivity index (χ3v) is 8.49. The molecule has 1 amide bonds. The smallest absolute Gasteiger partial charge is 0.223 e. The van der Waals surface area contributed by atoms with Crippen molar-refractivity contribution in [3.05, 3.63) is 69.7 Å². The molecule has 1 fully saturated rings. The monoisotopic (exact) mass is 490 g/mol. The predicted molar refractivity (Wildman–Crippen MR) is 121 cm³/mol. The molecule has 7 heteroatoms. The number of hydrogen-bond acceptors (Lipinski definition) is 3. The summed E-state index contributed by atoms with van der Waals surface area (Å²) < 4.78 is 28.0. The zero-order valence-electron chi connectivity index (χ0n) is 16.9. The molecule has 5 nitrogen and oxygen atoms in total. The zero-order chi connectivity index (χ0) is 21.1. The van der Waals surface area contributed by atoms with Gasteiger partial charge < -0.3 is 5.32 Å². The summed E-state index contributed by atoms with van der Waals surface area (Å²) in [5.41, 5.74) is 3.31. The van der Waals surface area contributed by atoms with Gasteiger partial charge in [0, 0.05) is 23.5 Å². The van der Waals surface area contributed by atoms with E-state index in [1.54, 1.807) is 0 Å². The van der Waals surface area contributed by atoms with Gasteiger partial charge in [-0.15, -0.1) is 0 Å². The van der Waals surface area contributed by atoms with Crippen molar-refractivity contribution in [1.82, 2.24) is 9.62 Å². The van der Waals surface area contributed by atoms with Gasteiger partial charge in [0.2, 0.25) is 15.9 Å². The maximum absolute atomic E-state index is 12.9. The topological polar surface area (TPSA) is 66.5 Å². The number of sulfonamides is 1. The second-order valence-electron chi connectivity index (χ2n) is 8.21. The van der Waals surface area contributed by atoms with Crippen molar-refractivity contribution in [1.29, 1.82) is 0 Å². The van der Waals surface area contributed by atoms with Crippen molar-refractivity contribution in [2.75, 3.05) is 13.1 Å². The quantitative estimate of drug-likeness (QED) is 0.683. The highest BCUT2D eigenvalue weighted by Gasteiger charge is 2.32. The molecule has 1 atom stereocenters. The number of hydrogen-bond donors (Lipinski definition) is 1. The lowest BCUT2D eigenvalue weighted by atomic mass is 9.87. The molecule has 1 unspecified atom stereocenters. The summed E-state index contributed by atoms with van der Waals surface area (Å²) in [6, 6.07) is 15.8. The molecule has 0 spiro atoms. The molecule has 1 N–H and O–H groups in total. The molecule has 2 aromatic rings. The van der Waals surface area contributed by atoms with E-state index in [4.69, 9.17) is 0 Å². The number of fused-ring (bicyclic) bond motifs is 1. The van der Waals surface area contributed by atoms with Crippen molar-refractivity contribution >= 4 is 31.9 Å². The maximum atomic E-state index is 12.9. The number of nitrogens with zero attached hydrogens (tertiary/aromatic N) is 1. The normalized spacial score (nSPS) is 20.5. The molecule has 0 bridgehead atoms. The van der Waals surface area contributed by atoms with Gasteiger partial charge in [-0.3, -0.25) is 4.79 Å². The third-order valence-electron chi connectivity index (χ3n) is 6.14. The van der Waals surface area contributed by atoms with Gasteiger partial charge in [-0.25, -0.2) is 12.7 Å². The number of benzene rings is 2. The van der Waals surface area contributed by atoms with Crippen LogP contribution in [-0.4, -0.2) is 31.7 Å². The summed E-state index contributed by atoms with van der Waals surface area (Å²) in [4.78, 5) is 12.9. The molecular weight excluding hydrogens is 464 g/mol. The van der Waals surface area contributed by atoms with E-state index < -0.39 is 10.0 Å². The molecule has 4 rings (SSSR count). The number of nitrogens with one attached hydrogen (secondary N) is 1. The van der Waals surface area contributed by atoms with Gasteiger partial charge in [0.15, 0.2) is 0 Å². The Morgan fingerprint density at radius 3 is 2.60 bits per heavy atom. The number of amides is 1. The minimum Gasteiger partial charge on any atom is -0.349 e. The Hall–Kier alpha value is -1.70. The molecule has 1 aliphatic carbocycles. The lowest BCUT2D eigenvalue weighted by Gasteiger charge is -2.32. The van der Waals surface area contributed by atoms with Gasteiger partial charge in [-0.2, -0.15) is 0 Å². The van der Waals surface area contributed by atoms with Crippen molar-refractivity contribution in [2.24, 2.45) is 5.92 Å². The Morgan fingerprint density at radius 1 is 1.07 bits per heavy atom. The summed E-state index contributed by atoms with van der Waals surface area (Å²) in [5.74, 6) is -0.0838. The van der Waals surface area contributed by atoms with Crippen LogP contribution < -0.4 is 5.32 Å². The highest BCUT2D eigenvalue weighted by molar-refractivity contribution is 9.10. The summed E-state index contributed by atoms with van der Waals surface area (Å²) in [6.07, 6.45) is 4.24. The highest BCUT2D eigenvalue weighted by atomic mass is 79.9. The van der Waals surface area contributed by atoms with Crippen LogP contribution in [-0.2, 0) is 27.0 Å². The van der Waals surface area contributed by atoms with Gasteiger partial charge in [0.05, 0.1) is 11.8 Å². The van der Waals surface area contributed by atoms with Gasteiger partial charge in [0.1, 0.15) is 0 Å². The van der Waals surface area contributed by atoms with Gasteiger partial charge in [-0.05, 0) is 60.9 Å². The Bertz CT molecular complexity index is 1020. The fraction of sp³-hybridized carbons (Fsp3) is 0.435. The first-order valence-electron chi connectivity index (χ1n) is 10.5. The molecule has 2 aliphatic rings. The molecule has 0 saturated carbocycles. The standard InChI is InChI=1S/C23H27BrN2O3S/c24-20-8-3-5-17(15-20)16-30(28,29)26-13-11-19(12-14-26)23(27)25-22-10-4-7-18-6-1-2-9-21(18)22/h1-3,5-6,8-9,15,19,22H,4,7,10-14,16H2,(H,25,27). The second-order valence-corrected chi connectivity index (χ2v) is 11.1. The van der Waals surface area contributed by atoms with Crippen LogP contribution in [0.2, 0.25) is 0 Å². The highest BCUT2D eigenvalue weighted by Crippen LogP contribution is 2.30. The zero-order valence-corrected chi connectivity index (χ0v) is 19.3. The second kappa shape index (κ2) is 9.20. The Kier molecular flexibility index (Phi) is 6.60. The van der Waals surface area contributed by atoms with Crippen LogP contribution in [0.3, 0.4) is 0 Å². The van der Waals surface area contributed by atoms with E-state index >= 15 is 0 Å². The van der Waals surface area contributed by atoms with E-state index in [0.29, 0.717) is 25.9 Å². The number of halogens is 1. The van der Waals surface area contributed by atoms with E-state index in [-0.39, 0.29) is 23.6 Å². The van der Waals surface area contributed by atoms with Crippen LogP contribution in [0.15, 0.2) is 53.0 Å². The van der Waals surface area contributed by atoms with Crippen LogP contribution in [0.4, 0.5) is 0 Å². The van der Waals surface area contributed by atoms with Crippen LogP contribution in [0.1, 0.15) is 48.4 Å². The molecule has 0 aromatic heterocycles. The summed E-state index contributed by atoms with van der Waals surface area (Å²) in [5, 5.41) is 3.23. The largest absolute Gasteiger partial charge is 0.349 e. The molecule has 0 radical (unpaired) electrons. The fourth-order valence-corrected chi connectivity index (χ4v) is 6.52. The van der Waals surface area contributed by atoms with Crippen LogP contribution in [0.25, 0.3) is 0 Å². The first-order chi connectivity index (χ1) is 14.4. The average Bonchev–Trinajstić information content (AvgIpc) is 2.74. The van der Waals surface area contributed by atoms with E-state index in [0.717, 1.165) is 29.3 Å². The molecule has 160 valence electrons. The van der Waals surface area contributed by atoms with E-state index in [1.807, 2.05) is 36.4 Å². The first kappa shape index (κ1) is 21.5. The first-order valence-corrected chi connectivity index (χ1v) is 12.9. The number of rotatable bonds is 5. The lowest BCUT2D eigenvalue weighted by Crippen LogP contribution is -2.44. The van der Waals surface area contributed by atoms with Crippen molar-refractivity contribution in [2.45, 2.75) is 43.9 Å². The van der Waals surface area contributed by atoms with E-state index in [1.165, 1.54) is 15.4 Å². The minimum atomic E-state index is -3.39. The van der Waals surface area contributed by atoms with E-state index in [9.17, 15) is 13.2 Å². The van der Waals surface area contributed by atoms with Crippen molar-refractivity contribution < 1.29 is 13.2 Å². The number of carbonyl (C=O) groups excluding carboxylic acids is 1. The SMILES string of the molecule is O=C(NC1CCCc2ccccc21)C1CCN(S(=O)(=O)Cc2cccc(Br)c2)CC1. The molecule has 1 heterocycles. The Morgan fingerprint density at radius 2 is 1.83 bits per heavy atom. The molecule has 30 heavy (non-hydrogen) atoms. The number of carbonyl (C=O) groups is 1. The summed E-state index contributed by atoms with van der Waals surface area (Å²) in [7, 11) is -3.39. The maximum Gasteiger partial charge on any atom is 0.223 e. The van der Waals surface area contributed by atoms with Gasteiger partial charge >= 0.3 is 0 Å². The van der Waals surface area contributed by atoms with Crippen LogP contribution in [0, 0.1) is 5.92 Å². The van der Waals surface area contributed by atoms with Crippen molar-refractivity contribution in [3.63, 3.8) is 0 Å². The Labute approximate surface area is 187 Å². The number of piperidine rings is 1. The predicted octanol–water partition coefficient (Wildman–Crippen LogP) is 4.18. The van der Waals surface area contributed by atoms with Crippen molar-refractivity contribution in [3.8, 4) is 0 Å². The van der Waals surface area contributed by atoms with Crippen LogP contribution >= 0.6 is 15.9 Å². The fourth-order valence-electron chi connectivity index (χ4n) is 4.52. The van der Waals surface area contributed by atoms with Gasteiger partial charge in [-0.1, -0.05) is 52.3 Å². The average molecular weight is 491 g/mol. The minimum absolute atomic E-state index is 0.0117. The number of aryl methyl sites for hydroxylation is 1. The summed E-state index contributed by atoms with van der Waals surface area (Å²) >= 11 is 3.39. The molecule has 1 aliphatic heterocycles. The molecule has 1 saturated heterocycles. The summed E-state index contributed by atoms with van der Waals surface area (Å²) in [6.45, 7) is 0.797. The lowest BCUT2D eigenvalue weighted by molar-refractivity contribution is -0.127. The Balaban J connectivity index is 1.34. The van der Waals surface area contributed by atoms with E-state index in [2.05, 4.69) is 33.4 Å². The molecular formula is C23H27BrN2O3S. The van der Waals surface area contributed by atoms with Gasteiger partial charge in [0.25, 0.3) is 0 Å².